The molecule has 1 fully saturated rings. The molecule has 2 N–H and O–H groups in total. The van der Waals surface area contributed by atoms with Crippen LogP contribution in [-0.2, 0) is 12.6 Å². The minimum absolute atomic E-state index is 0.234. The molecule has 1 aliphatic heterocycles. The molecule has 140 valence electrons. The Kier molecular flexibility index (Phi) is 3.38. The second kappa shape index (κ2) is 5.58. The van der Waals surface area contributed by atoms with Crippen LogP contribution in [0.5, 0.6) is 0 Å². The van der Waals surface area contributed by atoms with E-state index < -0.39 is 11.7 Å². The predicted octanol–water partition coefficient (Wildman–Crippen LogP) is 3.25. The summed E-state index contributed by atoms with van der Waals surface area (Å²) in [6.45, 7) is 0. The van der Waals surface area contributed by atoms with Gasteiger partial charge in [0.05, 0.1) is 11.6 Å². The molecule has 1 aliphatic carbocycles. The number of hydrogen-bond donors (Lipinski definition) is 2. The molecule has 5 rings (SSSR count). The molecule has 1 saturated carbocycles. The lowest BCUT2D eigenvalue weighted by Crippen LogP contribution is -2.15. The van der Waals surface area contributed by atoms with Crippen molar-refractivity contribution in [2.75, 3.05) is 5.32 Å². The van der Waals surface area contributed by atoms with E-state index in [4.69, 9.17) is 0 Å². The van der Waals surface area contributed by atoms with Crippen molar-refractivity contribution in [2.24, 2.45) is 0 Å². The molecular weight excluding hydrogens is 359 g/mol. The molecule has 2 aromatic heterocycles. The monoisotopic (exact) mass is 375 g/mol. The lowest BCUT2D eigenvalue weighted by atomic mass is 10.1. The Hall–Kier alpha value is -2.84. The Labute approximate surface area is 151 Å². The maximum atomic E-state index is 12.7. The van der Waals surface area contributed by atoms with Crippen molar-refractivity contribution in [1.82, 2.24) is 19.5 Å². The zero-order valence-corrected chi connectivity index (χ0v) is 14.2. The van der Waals surface area contributed by atoms with Crippen LogP contribution in [0.3, 0.4) is 0 Å². The van der Waals surface area contributed by atoms with E-state index in [0.717, 1.165) is 31.4 Å². The van der Waals surface area contributed by atoms with E-state index in [1.807, 2.05) is 4.57 Å². The highest BCUT2D eigenvalue weighted by atomic mass is 19.4. The van der Waals surface area contributed by atoms with Gasteiger partial charge < -0.3 is 10.3 Å². The lowest BCUT2D eigenvalue weighted by Gasteiger charge is -2.11. The van der Waals surface area contributed by atoms with Gasteiger partial charge in [-0.2, -0.15) is 18.2 Å². The standard InChI is InChI=1S/C18H16F3N5O/c19-18(20,21)10-6-4-9(5-7-10)8-13-23-14-15(24-13)26-12-3-1-2-11(12)22-17(26)25-16(14)27/h4-7,11-12H,1-3,8H2,(H,23,24)(H,22,25,27)/t11-,12+/m1/s1. The summed E-state index contributed by atoms with van der Waals surface area (Å²) in [6, 6.07) is 5.48. The third-order valence-electron chi connectivity index (χ3n) is 5.39. The van der Waals surface area contributed by atoms with Gasteiger partial charge in [0, 0.05) is 12.5 Å². The number of nitrogens with zero attached hydrogens (tertiary/aromatic N) is 3. The molecule has 0 amide bonds. The second-order valence-electron chi connectivity index (χ2n) is 7.11. The smallest absolute Gasteiger partial charge is 0.351 e. The number of aromatic nitrogens is 4. The maximum Gasteiger partial charge on any atom is 0.416 e. The summed E-state index contributed by atoms with van der Waals surface area (Å²) in [4.78, 5) is 24.0. The first kappa shape index (κ1) is 16.3. The number of aromatic amines is 1. The van der Waals surface area contributed by atoms with E-state index in [-0.39, 0.29) is 17.6 Å². The second-order valence-corrected chi connectivity index (χ2v) is 7.11. The van der Waals surface area contributed by atoms with E-state index in [9.17, 15) is 18.0 Å². The Bertz CT molecular complexity index is 1080. The minimum atomic E-state index is -4.36. The zero-order chi connectivity index (χ0) is 18.8. The van der Waals surface area contributed by atoms with Crippen molar-refractivity contribution in [2.45, 2.75) is 43.9 Å². The first-order chi connectivity index (χ1) is 12.9. The van der Waals surface area contributed by atoms with Crippen LogP contribution >= 0.6 is 0 Å². The Morgan fingerprint density at radius 3 is 2.67 bits per heavy atom. The maximum absolute atomic E-state index is 12.7. The molecule has 3 aromatic rings. The normalized spacial score (nSPS) is 21.3. The predicted molar refractivity (Wildman–Crippen MR) is 92.7 cm³/mol. The number of H-pyrrole nitrogens is 1. The van der Waals surface area contributed by atoms with Gasteiger partial charge in [-0.25, -0.2) is 4.98 Å². The van der Waals surface area contributed by atoms with Gasteiger partial charge in [0.2, 0.25) is 5.95 Å². The largest absolute Gasteiger partial charge is 0.416 e. The van der Waals surface area contributed by atoms with E-state index in [1.165, 1.54) is 12.1 Å². The van der Waals surface area contributed by atoms with Crippen LogP contribution in [0.2, 0.25) is 0 Å². The van der Waals surface area contributed by atoms with Gasteiger partial charge in [-0.05, 0) is 37.0 Å². The number of benzene rings is 1. The number of fused-ring (bicyclic) bond motifs is 5. The molecule has 9 heteroatoms. The van der Waals surface area contributed by atoms with Crippen LogP contribution in [0, 0.1) is 0 Å². The van der Waals surface area contributed by atoms with Crippen LogP contribution in [0.15, 0.2) is 29.1 Å². The summed E-state index contributed by atoms with van der Waals surface area (Å²) in [6.07, 6.45) is -0.900. The van der Waals surface area contributed by atoms with Gasteiger partial charge in [-0.15, -0.1) is 0 Å². The molecule has 0 saturated heterocycles. The topological polar surface area (TPSA) is 75.6 Å². The molecule has 0 bridgehead atoms. The fourth-order valence-electron chi connectivity index (χ4n) is 4.13. The summed E-state index contributed by atoms with van der Waals surface area (Å²) in [5, 5.41) is 3.30. The number of rotatable bonds is 2. The summed E-state index contributed by atoms with van der Waals surface area (Å²) < 4.78 is 40.1. The first-order valence-electron chi connectivity index (χ1n) is 8.84. The summed E-state index contributed by atoms with van der Waals surface area (Å²) in [7, 11) is 0. The number of nitrogens with one attached hydrogen (secondary N) is 2. The Morgan fingerprint density at radius 1 is 1.15 bits per heavy atom. The van der Waals surface area contributed by atoms with Crippen LogP contribution in [0.1, 0.15) is 42.3 Å². The molecule has 3 heterocycles. The molecule has 0 unspecified atom stereocenters. The van der Waals surface area contributed by atoms with Gasteiger partial charge in [0.1, 0.15) is 5.82 Å². The molecular formula is C18H16F3N5O. The zero-order valence-electron chi connectivity index (χ0n) is 14.2. The summed E-state index contributed by atoms with van der Waals surface area (Å²) >= 11 is 0. The molecule has 0 spiro atoms. The average molecular weight is 375 g/mol. The summed E-state index contributed by atoms with van der Waals surface area (Å²) in [5.74, 6) is 1.08. The van der Waals surface area contributed by atoms with E-state index >= 15 is 0 Å². The first-order valence-corrected chi connectivity index (χ1v) is 8.84. The number of hydrogen-bond acceptors (Lipinski definition) is 4. The highest BCUT2D eigenvalue weighted by molar-refractivity contribution is 5.73. The van der Waals surface area contributed by atoms with Crippen molar-refractivity contribution in [3.63, 3.8) is 0 Å². The van der Waals surface area contributed by atoms with Gasteiger partial charge in [0.25, 0.3) is 0 Å². The van der Waals surface area contributed by atoms with Gasteiger partial charge in [-0.1, -0.05) is 12.1 Å². The Morgan fingerprint density at radius 2 is 1.93 bits per heavy atom. The third kappa shape index (κ3) is 2.60. The van der Waals surface area contributed by atoms with Crippen LogP contribution in [0.25, 0.3) is 11.2 Å². The summed E-state index contributed by atoms with van der Waals surface area (Å²) in [5.41, 5.74) is 0.522. The average Bonchev–Trinajstić information content (AvgIpc) is 3.28. The van der Waals surface area contributed by atoms with E-state index in [2.05, 4.69) is 20.3 Å². The fourth-order valence-corrected chi connectivity index (χ4v) is 4.13. The highest BCUT2D eigenvalue weighted by Gasteiger charge is 2.38. The van der Waals surface area contributed by atoms with Crippen molar-refractivity contribution in [3.8, 4) is 0 Å². The SMILES string of the molecule is O=c1nc2n(c3nc(Cc4ccc(C(F)(F)F)cc4)[nH]c13)[C@H]1CCC[C@H]1N2. The van der Waals surface area contributed by atoms with Crippen LogP contribution < -0.4 is 10.9 Å². The lowest BCUT2D eigenvalue weighted by molar-refractivity contribution is -0.137. The molecule has 27 heavy (non-hydrogen) atoms. The van der Waals surface area contributed by atoms with Gasteiger partial charge in [-0.3, -0.25) is 9.36 Å². The minimum Gasteiger partial charge on any atom is -0.351 e. The fraction of sp³-hybridized carbons (Fsp3) is 0.389. The van der Waals surface area contributed by atoms with Crippen LogP contribution in [0.4, 0.5) is 19.1 Å². The third-order valence-corrected chi connectivity index (χ3v) is 5.39. The Balaban J connectivity index is 1.51. The molecule has 2 aliphatic rings. The van der Waals surface area contributed by atoms with Crippen molar-refractivity contribution in [3.05, 3.63) is 51.6 Å². The molecule has 6 nitrogen and oxygen atoms in total. The number of imidazole rings is 1. The highest BCUT2D eigenvalue weighted by Crippen LogP contribution is 2.40. The molecule has 0 radical (unpaired) electrons. The molecule has 2 atom stereocenters. The van der Waals surface area contributed by atoms with E-state index in [1.54, 1.807) is 0 Å². The van der Waals surface area contributed by atoms with Crippen molar-refractivity contribution < 1.29 is 13.2 Å². The van der Waals surface area contributed by atoms with Gasteiger partial charge >= 0.3 is 11.7 Å². The molecule has 1 aromatic carbocycles. The number of alkyl halides is 3. The van der Waals surface area contributed by atoms with Crippen LogP contribution in [-0.4, -0.2) is 25.6 Å². The number of anilines is 1. The van der Waals surface area contributed by atoms with Crippen molar-refractivity contribution >= 4 is 17.1 Å². The van der Waals surface area contributed by atoms with Crippen molar-refractivity contribution in [1.29, 1.82) is 0 Å². The van der Waals surface area contributed by atoms with E-state index in [0.29, 0.717) is 34.9 Å². The van der Waals surface area contributed by atoms with Gasteiger partial charge in [0.15, 0.2) is 11.2 Å². The number of halogens is 3. The quantitative estimate of drug-likeness (QED) is 0.721.